The Bertz CT molecular complexity index is 1240. The predicted molar refractivity (Wildman–Crippen MR) is 131 cm³/mol. The Morgan fingerprint density at radius 1 is 1.15 bits per heavy atom. The maximum absolute atomic E-state index is 13.4. The Labute approximate surface area is 203 Å². The number of halogens is 3. The lowest BCUT2D eigenvalue weighted by molar-refractivity contribution is 0.0945. The van der Waals surface area contributed by atoms with Crippen LogP contribution in [0.15, 0.2) is 36.5 Å². The van der Waals surface area contributed by atoms with Gasteiger partial charge in [-0.1, -0.05) is 0 Å². The van der Waals surface area contributed by atoms with Crippen LogP contribution in [0.4, 0.5) is 20.3 Å². The number of nitrogens with one attached hydrogen (secondary N) is 1. The molecule has 0 radical (unpaired) electrons. The monoisotopic (exact) mass is 563 g/mol. The first-order chi connectivity index (χ1) is 15.8. The van der Waals surface area contributed by atoms with Gasteiger partial charge in [0.1, 0.15) is 5.82 Å². The van der Waals surface area contributed by atoms with Crippen LogP contribution in [0.5, 0.6) is 0 Å². The fourth-order valence-corrected chi connectivity index (χ4v) is 5.35. The van der Waals surface area contributed by atoms with Crippen molar-refractivity contribution in [2.75, 3.05) is 23.3 Å². The van der Waals surface area contributed by atoms with Gasteiger partial charge < -0.3 is 10.2 Å². The van der Waals surface area contributed by atoms with Gasteiger partial charge >= 0.3 is 0 Å². The molecule has 3 fully saturated rings. The molecule has 0 unspecified atom stereocenters. The molecule has 6 rings (SSSR count). The number of alkyl halides is 2. The van der Waals surface area contributed by atoms with Gasteiger partial charge in [0.15, 0.2) is 5.65 Å². The number of pyridine rings is 1. The number of piperidine rings is 1. The number of amides is 1. The van der Waals surface area contributed by atoms with E-state index >= 15 is 0 Å². The summed E-state index contributed by atoms with van der Waals surface area (Å²) in [5.41, 5.74) is 2.64. The van der Waals surface area contributed by atoms with E-state index < -0.39 is 11.8 Å². The second kappa shape index (κ2) is 7.61. The normalized spacial score (nSPS) is 22.5. The summed E-state index contributed by atoms with van der Waals surface area (Å²) < 4.78 is 29.3. The van der Waals surface area contributed by atoms with Crippen LogP contribution in [0.25, 0.3) is 11.0 Å². The Hall–Kier alpha value is -2.30. The molecule has 33 heavy (non-hydrogen) atoms. The molecule has 2 aromatic heterocycles. The van der Waals surface area contributed by atoms with Crippen molar-refractivity contribution in [3.63, 3.8) is 0 Å². The van der Waals surface area contributed by atoms with E-state index in [4.69, 9.17) is 0 Å². The highest BCUT2D eigenvalue weighted by molar-refractivity contribution is 14.1. The zero-order chi connectivity index (χ0) is 22.8. The van der Waals surface area contributed by atoms with E-state index in [0.29, 0.717) is 22.4 Å². The van der Waals surface area contributed by atoms with Crippen LogP contribution in [0.3, 0.4) is 0 Å². The molecule has 2 aliphatic carbocycles. The van der Waals surface area contributed by atoms with Crippen LogP contribution in [-0.4, -0.2) is 39.7 Å². The highest BCUT2D eigenvalue weighted by Gasteiger charge is 2.57. The molecule has 1 spiro atoms. The minimum Gasteiger partial charge on any atom is -0.371 e. The quantitative estimate of drug-likeness (QED) is 0.427. The number of carbonyl (C=O) groups excluding carboxylic acids is 1. The minimum absolute atomic E-state index is 0.113. The zero-order valence-electron chi connectivity index (χ0n) is 18.0. The summed E-state index contributed by atoms with van der Waals surface area (Å²) in [4.78, 5) is 20.1. The largest absolute Gasteiger partial charge is 0.371 e. The molecule has 1 aliphatic heterocycles. The molecule has 1 amide bonds. The average molecular weight is 563 g/mol. The summed E-state index contributed by atoms with van der Waals surface area (Å²) in [6, 6.07) is 9.41. The Morgan fingerprint density at radius 2 is 1.91 bits per heavy atom. The van der Waals surface area contributed by atoms with Gasteiger partial charge in [-0.05, 0) is 84.0 Å². The summed E-state index contributed by atoms with van der Waals surface area (Å²) >= 11 is 2.28. The van der Waals surface area contributed by atoms with Crippen molar-refractivity contribution in [2.24, 2.45) is 11.3 Å². The van der Waals surface area contributed by atoms with Gasteiger partial charge in [-0.15, -0.1) is 0 Å². The Morgan fingerprint density at radius 3 is 2.61 bits per heavy atom. The van der Waals surface area contributed by atoms with Crippen molar-refractivity contribution in [3.05, 3.63) is 45.7 Å². The van der Waals surface area contributed by atoms with Gasteiger partial charge in [0, 0.05) is 34.4 Å². The van der Waals surface area contributed by atoms with E-state index in [9.17, 15) is 13.6 Å². The molecule has 1 saturated heterocycles. The van der Waals surface area contributed by atoms with E-state index in [1.165, 1.54) is 30.4 Å². The molecule has 9 heteroatoms. The summed E-state index contributed by atoms with van der Waals surface area (Å²) in [6.45, 7) is 2.06. The number of fused-ring (bicyclic) bond motifs is 1. The van der Waals surface area contributed by atoms with Crippen LogP contribution in [0, 0.1) is 14.9 Å². The van der Waals surface area contributed by atoms with Gasteiger partial charge in [-0.3, -0.25) is 4.79 Å². The third-order valence-corrected chi connectivity index (χ3v) is 8.07. The summed E-state index contributed by atoms with van der Waals surface area (Å²) in [5.74, 6) is -3.15. The molecule has 2 saturated carbocycles. The van der Waals surface area contributed by atoms with Crippen molar-refractivity contribution < 1.29 is 13.6 Å². The number of hydrogen-bond acceptors (Lipinski definition) is 4. The van der Waals surface area contributed by atoms with Gasteiger partial charge in [0.05, 0.1) is 24.0 Å². The SMILES string of the molecule is O=C(Nc1ccc2cnn(C[C@H]3CC3(F)F)c2n1)c1ccc(I)cc1N1CCC2(CC1)CC2. The van der Waals surface area contributed by atoms with E-state index in [2.05, 4.69) is 49.0 Å². The highest BCUT2D eigenvalue weighted by atomic mass is 127. The van der Waals surface area contributed by atoms with E-state index in [-0.39, 0.29) is 18.9 Å². The van der Waals surface area contributed by atoms with Crippen LogP contribution in [-0.2, 0) is 6.54 Å². The number of anilines is 2. The lowest BCUT2D eigenvalue weighted by Crippen LogP contribution is -2.35. The first-order valence-electron chi connectivity index (χ1n) is 11.4. The van der Waals surface area contributed by atoms with Crippen molar-refractivity contribution in [2.45, 2.75) is 44.6 Å². The van der Waals surface area contributed by atoms with Crippen LogP contribution in [0.2, 0.25) is 0 Å². The molecule has 3 aliphatic rings. The second-order valence-corrected chi connectivity index (χ2v) is 10.9. The number of hydrogen-bond donors (Lipinski definition) is 1. The van der Waals surface area contributed by atoms with Crippen LogP contribution >= 0.6 is 22.6 Å². The van der Waals surface area contributed by atoms with E-state index in [0.717, 1.165) is 27.7 Å². The van der Waals surface area contributed by atoms with Crippen molar-refractivity contribution in [1.82, 2.24) is 14.8 Å². The molecular weight excluding hydrogens is 539 g/mol. The number of rotatable bonds is 5. The van der Waals surface area contributed by atoms with Gasteiger partial charge in [-0.2, -0.15) is 5.10 Å². The van der Waals surface area contributed by atoms with Crippen molar-refractivity contribution >= 4 is 51.0 Å². The molecule has 1 N–H and O–H groups in total. The molecule has 3 aromatic rings. The molecule has 0 bridgehead atoms. The van der Waals surface area contributed by atoms with Crippen LogP contribution < -0.4 is 10.2 Å². The zero-order valence-corrected chi connectivity index (χ0v) is 20.2. The molecule has 6 nitrogen and oxygen atoms in total. The lowest BCUT2D eigenvalue weighted by atomic mass is 9.93. The van der Waals surface area contributed by atoms with Crippen molar-refractivity contribution in [1.29, 1.82) is 0 Å². The smallest absolute Gasteiger partial charge is 0.258 e. The fraction of sp³-hybridized carbons (Fsp3) is 0.458. The third kappa shape index (κ3) is 4.08. The first-order valence-corrected chi connectivity index (χ1v) is 12.5. The van der Waals surface area contributed by atoms with Gasteiger partial charge in [0.2, 0.25) is 0 Å². The highest BCUT2D eigenvalue weighted by Crippen LogP contribution is 2.54. The topological polar surface area (TPSA) is 63.1 Å². The van der Waals surface area contributed by atoms with E-state index in [1.54, 1.807) is 18.3 Å². The fourth-order valence-electron chi connectivity index (χ4n) is 4.87. The average Bonchev–Trinajstić information content (AvgIpc) is 3.63. The maximum atomic E-state index is 13.4. The standard InChI is InChI=1S/C24H24F2IN5O/c25-24(26)12-16(24)14-32-21-15(13-28-32)1-4-20(29-21)30-22(33)18-3-2-17(27)11-19(18)31-9-7-23(5-6-23)8-10-31/h1-4,11,13,16H,5-10,12,14H2,(H,29,30,33)/t16-/m1/s1. The maximum Gasteiger partial charge on any atom is 0.258 e. The van der Waals surface area contributed by atoms with Gasteiger partial charge in [0.25, 0.3) is 11.8 Å². The molecule has 3 heterocycles. The number of benzene rings is 1. The third-order valence-electron chi connectivity index (χ3n) is 7.40. The van der Waals surface area contributed by atoms with Crippen molar-refractivity contribution in [3.8, 4) is 0 Å². The Balaban J connectivity index is 1.23. The number of nitrogens with zero attached hydrogens (tertiary/aromatic N) is 4. The Kier molecular flexibility index (Phi) is 4.90. The second-order valence-electron chi connectivity index (χ2n) is 9.70. The molecule has 172 valence electrons. The summed E-state index contributed by atoms with van der Waals surface area (Å²) in [5, 5.41) is 7.89. The molecular formula is C24H24F2IN5O. The predicted octanol–water partition coefficient (Wildman–Crippen LogP) is 5.32. The summed E-state index contributed by atoms with van der Waals surface area (Å²) in [7, 11) is 0. The molecule has 1 aromatic carbocycles. The summed E-state index contributed by atoms with van der Waals surface area (Å²) in [6.07, 6.45) is 6.55. The first kappa shape index (κ1) is 21.2. The minimum atomic E-state index is -2.61. The molecule has 1 atom stereocenters. The number of aromatic nitrogens is 3. The number of carbonyl (C=O) groups is 1. The van der Waals surface area contributed by atoms with Gasteiger partial charge in [-0.25, -0.2) is 18.4 Å². The lowest BCUT2D eigenvalue weighted by Gasteiger charge is -2.35. The van der Waals surface area contributed by atoms with Crippen LogP contribution in [0.1, 0.15) is 42.5 Å². The van der Waals surface area contributed by atoms with E-state index in [1.807, 2.05) is 12.1 Å².